The van der Waals surface area contributed by atoms with Crippen LogP contribution in [0.3, 0.4) is 0 Å². The minimum Gasteiger partial charge on any atom is -1.00 e. The van der Waals surface area contributed by atoms with Crippen LogP contribution >= 0.6 is 0 Å². The molecule has 0 N–H and O–H groups in total. The predicted octanol–water partition coefficient (Wildman–Crippen LogP) is -0.438. The standard InChI is InChI=1S/C7H17Si.BrH.Mg/c1-5-6-7-8(2,3)4;;/h1,5-7H2,2-4H3;1H;/q-1;;+2/p-1. The average molecular weight is 234 g/mol. The quantitative estimate of drug-likeness (QED) is 0.458. The first-order valence-electron chi connectivity index (χ1n) is 3.35. The van der Waals surface area contributed by atoms with Crippen molar-refractivity contribution in [2.75, 3.05) is 0 Å². The first kappa shape index (κ1) is 17.5. The Bertz CT molecular complexity index is 61.1. The van der Waals surface area contributed by atoms with Crippen LogP contribution < -0.4 is 17.0 Å². The third-order valence-corrected chi connectivity index (χ3v) is 3.03. The van der Waals surface area contributed by atoms with Gasteiger partial charge >= 0.3 is 23.1 Å². The van der Waals surface area contributed by atoms with E-state index in [0.717, 1.165) is 6.42 Å². The van der Waals surface area contributed by atoms with Gasteiger partial charge in [-0.25, -0.2) is 0 Å². The van der Waals surface area contributed by atoms with E-state index in [2.05, 4.69) is 26.6 Å². The fraction of sp³-hybridized carbons (Fsp3) is 0.857. The van der Waals surface area contributed by atoms with Gasteiger partial charge in [0.15, 0.2) is 0 Å². The Kier molecular flexibility index (Phi) is 15.0. The van der Waals surface area contributed by atoms with Crippen molar-refractivity contribution in [3.8, 4) is 0 Å². The maximum atomic E-state index is 3.81. The molecule has 3 heteroatoms. The van der Waals surface area contributed by atoms with Gasteiger partial charge in [-0.2, -0.15) is 6.42 Å². The van der Waals surface area contributed by atoms with Crippen LogP contribution in [-0.2, 0) is 0 Å². The van der Waals surface area contributed by atoms with E-state index in [9.17, 15) is 0 Å². The molecule has 0 rings (SSSR count). The molecule has 0 aliphatic rings. The van der Waals surface area contributed by atoms with Crippen molar-refractivity contribution >= 4 is 31.1 Å². The minimum absolute atomic E-state index is 0. The molecule has 0 saturated carbocycles. The topological polar surface area (TPSA) is 0 Å². The van der Waals surface area contributed by atoms with E-state index < -0.39 is 8.07 Å². The number of hydrogen-bond acceptors (Lipinski definition) is 0. The normalized spacial score (nSPS) is 9.60. The Morgan fingerprint density at radius 3 is 1.70 bits per heavy atom. The van der Waals surface area contributed by atoms with Crippen LogP contribution in [0.15, 0.2) is 0 Å². The summed E-state index contributed by atoms with van der Waals surface area (Å²) in [6.45, 7) is 11.0. The maximum Gasteiger partial charge on any atom is 2.00 e. The number of rotatable bonds is 3. The van der Waals surface area contributed by atoms with Crippen LogP contribution in [0.4, 0.5) is 0 Å². The molecule has 0 bridgehead atoms. The molecule has 58 valence electrons. The molecule has 10 heavy (non-hydrogen) atoms. The van der Waals surface area contributed by atoms with Gasteiger partial charge in [-0.3, -0.25) is 0 Å². The summed E-state index contributed by atoms with van der Waals surface area (Å²) in [5.74, 6) is 0. The van der Waals surface area contributed by atoms with Crippen LogP contribution in [0.5, 0.6) is 0 Å². The van der Waals surface area contributed by atoms with Gasteiger partial charge in [-0.15, -0.1) is 0 Å². The molecule has 0 nitrogen and oxygen atoms in total. The molecule has 0 radical (unpaired) electrons. The number of halogens is 1. The summed E-state index contributed by atoms with van der Waals surface area (Å²) in [5, 5.41) is 0. The van der Waals surface area contributed by atoms with E-state index in [1.807, 2.05) is 0 Å². The summed E-state index contributed by atoms with van der Waals surface area (Å²) in [6, 6.07) is 1.44. The molecule has 0 spiro atoms. The third kappa shape index (κ3) is 16.2. The van der Waals surface area contributed by atoms with Gasteiger partial charge in [0, 0.05) is 8.07 Å². The molecule has 0 unspecified atom stereocenters. The van der Waals surface area contributed by atoms with Gasteiger partial charge in [-0.05, 0) is 0 Å². The molecule has 0 aromatic carbocycles. The Hall–Kier alpha value is 1.46. The summed E-state index contributed by atoms with van der Waals surface area (Å²) >= 11 is 0. The van der Waals surface area contributed by atoms with Crippen LogP contribution in [0.1, 0.15) is 12.8 Å². The van der Waals surface area contributed by atoms with Gasteiger partial charge < -0.3 is 23.9 Å². The monoisotopic (exact) mass is 232 g/mol. The Labute approximate surface area is 93.1 Å². The Balaban J connectivity index is -0.000000245. The second-order valence-electron chi connectivity index (χ2n) is 3.52. The van der Waals surface area contributed by atoms with E-state index in [4.69, 9.17) is 0 Å². The first-order valence-corrected chi connectivity index (χ1v) is 7.06. The fourth-order valence-electron chi connectivity index (χ4n) is 0.655. The molecule has 0 aromatic heterocycles. The second kappa shape index (κ2) is 8.56. The Morgan fingerprint density at radius 2 is 1.60 bits per heavy atom. The summed E-state index contributed by atoms with van der Waals surface area (Å²) in [6.07, 6.45) is 2.44. The molecular formula is C7H17BrMgSi. The van der Waals surface area contributed by atoms with Gasteiger partial charge in [0.1, 0.15) is 0 Å². The largest absolute Gasteiger partial charge is 2.00 e. The Morgan fingerprint density at radius 1 is 1.20 bits per heavy atom. The van der Waals surface area contributed by atoms with E-state index in [-0.39, 0.29) is 40.0 Å². The van der Waals surface area contributed by atoms with Crippen molar-refractivity contribution in [3.63, 3.8) is 0 Å². The van der Waals surface area contributed by atoms with E-state index in [1.165, 1.54) is 12.5 Å². The van der Waals surface area contributed by atoms with Gasteiger partial charge in [0.25, 0.3) is 0 Å². The van der Waals surface area contributed by atoms with Crippen LogP contribution in [-0.4, -0.2) is 31.1 Å². The van der Waals surface area contributed by atoms with E-state index in [0.29, 0.717) is 0 Å². The summed E-state index contributed by atoms with van der Waals surface area (Å²) in [5.41, 5.74) is 0. The molecular weight excluding hydrogens is 216 g/mol. The zero-order valence-corrected chi connectivity index (χ0v) is 11.4. The maximum absolute atomic E-state index is 3.81. The van der Waals surface area contributed by atoms with Crippen molar-refractivity contribution in [3.05, 3.63) is 6.92 Å². The van der Waals surface area contributed by atoms with Crippen molar-refractivity contribution in [1.29, 1.82) is 0 Å². The molecule has 0 amide bonds. The molecule has 0 saturated heterocycles. The van der Waals surface area contributed by atoms with Crippen molar-refractivity contribution < 1.29 is 17.0 Å². The van der Waals surface area contributed by atoms with Crippen molar-refractivity contribution in [1.82, 2.24) is 0 Å². The molecule has 0 atom stereocenters. The van der Waals surface area contributed by atoms with Crippen LogP contribution in [0.2, 0.25) is 25.7 Å². The fourth-order valence-corrected chi connectivity index (χ4v) is 1.97. The second-order valence-corrected chi connectivity index (χ2v) is 9.14. The zero-order valence-electron chi connectivity index (χ0n) is 7.41. The van der Waals surface area contributed by atoms with Crippen LogP contribution in [0, 0.1) is 6.92 Å². The van der Waals surface area contributed by atoms with Crippen molar-refractivity contribution in [2.45, 2.75) is 38.5 Å². The third-order valence-electron chi connectivity index (χ3n) is 1.18. The zero-order chi connectivity index (χ0) is 6.62. The molecule has 0 fully saturated rings. The molecule has 0 aliphatic carbocycles. The molecule has 0 heterocycles. The van der Waals surface area contributed by atoms with E-state index in [1.54, 1.807) is 0 Å². The van der Waals surface area contributed by atoms with Gasteiger partial charge in [0.2, 0.25) is 0 Å². The summed E-state index contributed by atoms with van der Waals surface area (Å²) < 4.78 is 0. The number of hydrogen-bond donors (Lipinski definition) is 0. The van der Waals surface area contributed by atoms with E-state index >= 15 is 0 Å². The summed E-state index contributed by atoms with van der Waals surface area (Å²) in [4.78, 5) is 0. The smallest absolute Gasteiger partial charge is 1.00 e. The van der Waals surface area contributed by atoms with Crippen LogP contribution in [0.25, 0.3) is 0 Å². The predicted molar refractivity (Wildman–Crippen MR) is 48.5 cm³/mol. The minimum atomic E-state index is -0.718. The van der Waals surface area contributed by atoms with Gasteiger partial charge in [0.05, 0.1) is 0 Å². The first-order chi connectivity index (χ1) is 3.56. The SMILES string of the molecule is [Br-].[CH2-]CCC[Si](C)(C)C.[Mg+2]. The number of unbranched alkanes of at least 4 members (excludes halogenated alkanes) is 1. The van der Waals surface area contributed by atoms with Crippen molar-refractivity contribution in [2.24, 2.45) is 0 Å². The molecule has 0 aromatic rings. The molecule has 0 aliphatic heterocycles. The summed E-state index contributed by atoms with van der Waals surface area (Å²) in [7, 11) is -0.718. The van der Waals surface area contributed by atoms with Gasteiger partial charge in [-0.1, -0.05) is 32.1 Å². The average Bonchev–Trinajstić information content (AvgIpc) is 1.59.